The van der Waals surface area contributed by atoms with Gasteiger partial charge in [-0.05, 0) is 35.0 Å². The number of ketones is 1. The Morgan fingerprint density at radius 1 is 0.966 bits per heavy atom. The van der Waals surface area contributed by atoms with Gasteiger partial charge in [-0.1, -0.05) is 51.1 Å². The summed E-state index contributed by atoms with van der Waals surface area (Å²) in [5, 5.41) is 4.82. The predicted molar refractivity (Wildman–Crippen MR) is 114 cm³/mol. The minimum Gasteiger partial charge on any atom is -0.454 e. The topological polar surface area (TPSA) is 72.5 Å². The zero-order chi connectivity index (χ0) is 21.0. The standard InChI is InChI=1S/C23H23NO4S/c1-23(2,3)22(27)24-13-18-10-11-20(29-18)19(25)14-28-21(26)17-9-8-15-6-4-5-7-16(15)12-17/h4-12H,13-14H2,1-3H3,(H,24,27). The summed E-state index contributed by atoms with van der Waals surface area (Å²) >= 11 is 1.29. The van der Waals surface area contributed by atoms with Crippen LogP contribution in [0.3, 0.4) is 0 Å². The molecule has 0 aliphatic carbocycles. The Kier molecular flexibility index (Phi) is 6.13. The molecule has 0 aliphatic heterocycles. The summed E-state index contributed by atoms with van der Waals surface area (Å²) in [7, 11) is 0. The van der Waals surface area contributed by atoms with Crippen molar-refractivity contribution in [1.29, 1.82) is 0 Å². The van der Waals surface area contributed by atoms with E-state index >= 15 is 0 Å². The molecule has 0 saturated carbocycles. The molecule has 3 aromatic rings. The largest absolute Gasteiger partial charge is 0.454 e. The fraction of sp³-hybridized carbons (Fsp3) is 0.261. The van der Waals surface area contributed by atoms with Crippen LogP contribution < -0.4 is 5.32 Å². The van der Waals surface area contributed by atoms with Crippen molar-refractivity contribution in [2.45, 2.75) is 27.3 Å². The van der Waals surface area contributed by atoms with E-state index in [0.29, 0.717) is 17.0 Å². The van der Waals surface area contributed by atoms with Gasteiger partial charge in [-0.2, -0.15) is 0 Å². The highest BCUT2D eigenvalue weighted by Crippen LogP contribution is 2.20. The molecule has 1 aromatic heterocycles. The Bertz CT molecular complexity index is 1060. The number of rotatable bonds is 6. The number of thiophene rings is 1. The smallest absolute Gasteiger partial charge is 0.338 e. The van der Waals surface area contributed by atoms with Gasteiger partial charge in [-0.15, -0.1) is 11.3 Å². The molecule has 0 spiro atoms. The summed E-state index contributed by atoms with van der Waals surface area (Å²) < 4.78 is 5.19. The fourth-order valence-corrected chi connectivity index (χ4v) is 3.53. The van der Waals surface area contributed by atoms with Crippen LogP contribution in [-0.4, -0.2) is 24.3 Å². The van der Waals surface area contributed by atoms with Crippen LogP contribution in [0.5, 0.6) is 0 Å². The molecule has 5 nitrogen and oxygen atoms in total. The van der Waals surface area contributed by atoms with Gasteiger partial charge in [0.2, 0.25) is 11.7 Å². The summed E-state index contributed by atoms with van der Waals surface area (Å²) in [4.78, 5) is 37.9. The molecule has 6 heteroatoms. The minimum absolute atomic E-state index is 0.0527. The Morgan fingerprint density at radius 3 is 2.41 bits per heavy atom. The molecule has 150 valence electrons. The Balaban J connectivity index is 1.55. The van der Waals surface area contributed by atoms with Crippen molar-refractivity contribution in [1.82, 2.24) is 5.32 Å². The number of esters is 1. The van der Waals surface area contributed by atoms with Gasteiger partial charge in [0.1, 0.15) is 0 Å². The average Bonchev–Trinajstić information content (AvgIpc) is 3.18. The zero-order valence-corrected chi connectivity index (χ0v) is 17.5. The lowest BCUT2D eigenvalue weighted by atomic mass is 9.96. The van der Waals surface area contributed by atoms with Gasteiger partial charge in [0.15, 0.2) is 6.61 Å². The molecule has 1 N–H and O–H groups in total. The highest BCUT2D eigenvalue weighted by Gasteiger charge is 2.21. The molecule has 1 heterocycles. The number of ether oxygens (including phenoxy) is 1. The van der Waals surface area contributed by atoms with Crippen LogP contribution >= 0.6 is 11.3 Å². The second kappa shape index (κ2) is 8.57. The first-order valence-electron chi connectivity index (χ1n) is 9.30. The molecule has 0 aliphatic rings. The van der Waals surface area contributed by atoms with E-state index in [0.717, 1.165) is 15.6 Å². The second-order valence-electron chi connectivity index (χ2n) is 7.76. The number of hydrogen-bond donors (Lipinski definition) is 1. The molecule has 1 amide bonds. The first-order valence-corrected chi connectivity index (χ1v) is 10.1. The van der Waals surface area contributed by atoms with Crippen LogP contribution in [0.2, 0.25) is 0 Å². The average molecular weight is 410 g/mol. The molecular weight excluding hydrogens is 386 g/mol. The molecule has 2 aromatic carbocycles. The van der Waals surface area contributed by atoms with E-state index < -0.39 is 11.4 Å². The van der Waals surface area contributed by atoms with Crippen molar-refractivity contribution in [2.24, 2.45) is 5.41 Å². The number of hydrogen-bond acceptors (Lipinski definition) is 5. The van der Waals surface area contributed by atoms with Gasteiger partial charge in [-0.25, -0.2) is 4.79 Å². The van der Waals surface area contributed by atoms with E-state index in [-0.39, 0.29) is 18.3 Å². The van der Waals surface area contributed by atoms with Crippen molar-refractivity contribution in [3.63, 3.8) is 0 Å². The number of nitrogens with one attached hydrogen (secondary N) is 1. The maximum absolute atomic E-state index is 12.3. The Hall–Kier alpha value is -2.99. The van der Waals surface area contributed by atoms with E-state index in [1.807, 2.05) is 51.1 Å². The number of carbonyl (C=O) groups is 3. The van der Waals surface area contributed by atoms with Crippen molar-refractivity contribution < 1.29 is 19.1 Å². The number of carbonyl (C=O) groups excluding carboxylic acids is 3. The van der Waals surface area contributed by atoms with Gasteiger partial charge in [0, 0.05) is 10.3 Å². The summed E-state index contributed by atoms with van der Waals surface area (Å²) in [6.07, 6.45) is 0. The van der Waals surface area contributed by atoms with Crippen molar-refractivity contribution in [3.8, 4) is 0 Å². The summed E-state index contributed by atoms with van der Waals surface area (Å²) in [5.41, 5.74) is -0.0550. The summed E-state index contributed by atoms with van der Waals surface area (Å²) in [6.45, 7) is 5.58. The molecule has 0 fully saturated rings. The SMILES string of the molecule is CC(C)(C)C(=O)NCc1ccc(C(=O)COC(=O)c2ccc3ccccc3c2)s1. The monoisotopic (exact) mass is 409 g/mol. The quantitative estimate of drug-likeness (QED) is 0.477. The lowest BCUT2D eigenvalue weighted by Gasteiger charge is -2.17. The van der Waals surface area contributed by atoms with E-state index in [4.69, 9.17) is 4.74 Å². The molecule has 29 heavy (non-hydrogen) atoms. The Morgan fingerprint density at radius 2 is 1.69 bits per heavy atom. The molecule has 0 radical (unpaired) electrons. The molecule has 0 atom stereocenters. The highest BCUT2D eigenvalue weighted by atomic mass is 32.1. The van der Waals surface area contributed by atoms with E-state index in [1.165, 1.54) is 11.3 Å². The first-order chi connectivity index (χ1) is 13.7. The second-order valence-corrected chi connectivity index (χ2v) is 8.93. The van der Waals surface area contributed by atoms with E-state index in [9.17, 15) is 14.4 Å². The van der Waals surface area contributed by atoms with Crippen molar-refractivity contribution in [3.05, 3.63) is 69.9 Å². The minimum atomic E-state index is -0.529. The Labute approximate surface area is 173 Å². The van der Waals surface area contributed by atoms with E-state index in [2.05, 4.69) is 5.32 Å². The van der Waals surface area contributed by atoms with Gasteiger partial charge in [-0.3, -0.25) is 9.59 Å². The summed E-state index contributed by atoms with van der Waals surface area (Å²) in [6, 6.07) is 16.5. The zero-order valence-electron chi connectivity index (χ0n) is 16.7. The van der Waals surface area contributed by atoms with E-state index in [1.54, 1.807) is 24.3 Å². The lowest BCUT2D eigenvalue weighted by molar-refractivity contribution is -0.128. The highest BCUT2D eigenvalue weighted by molar-refractivity contribution is 7.14. The molecule has 0 unspecified atom stereocenters. The third-order valence-corrected chi connectivity index (χ3v) is 5.49. The fourth-order valence-electron chi connectivity index (χ4n) is 2.66. The number of amides is 1. The summed E-state index contributed by atoms with van der Waals surface area (Å²) in [5.74, 6) is -0.848. The lowest BCUT2D eigenvalue weighted by Crippen LogP contribution is -2.34. The molecule has 0 saturated heterocycles. The normalized spacial score (nSPS) is 11.3. The number of fused-ring (bicyclic) bond motifs is 1. The van der Waals surface area contributed by atoms with Crippen LogP contribution in [0.4, 0.5) is 0 Å². The molecular formula is C23H23NO4S. The van der Waals surface area contributed by atoms with Gasteiger partial charge in [0.25, 0.3) is 0 Å². The maximum atomic E-state index is 12.3. The van der Waals surface area contributed by atoms with Crippen LogP contribution in [0.25, 0.3) is 10.8 Å². The first kappa shape index (κ1) is 20.7. The van der Waals surface area contributed by atoms with Gasteiger partial charge < -0.3 is 10.1 Å². The third-order valence-electron chi connectivity index (χ3n) is 4.36. The molecule has 0 bridgehead atoms. The van der Waals surface area contributed by atoms with Crippen LogP contribution in [0, 0.1) is 5.41 Å². The molecule has 3 rings (SSSR count). The van der Waals surface area contributed by atoms with Gasteiger partial charge in [0.05, 0.1) is 17.0 Å². The number of benzene rings is 2. The predicted octanol–water partition coefficient (Wildman–Crippen LogP) is 4.60. The van der Waals surface area contributed by atoms with Crippen molar-refractivity contribution >= 4 is 39.8 Å². The van der Waals surface area contributed by atoms with Crippen LogP contribution in [0.1, 0.15) is 45.7 Å². The maximum Gasteiger partial charge on any atom is 0.338 e. The van der Waals surface area contributed by atoms with Crippen LogP contribution in [0.15, 0.2) is 54.6 Å². The van der Waals surface area contributed by atoms with Crippen LogP contribution in [-0.2, 0) is 16.1 Å². The van der Waals surface area contributed by atoms with Crippen molar-refractivity contribution in [2.75, 3.05) is 6.61 Å². The third kappa shape index (κ3) is 5.29. The number of Topliss-reactive ketones (excluding diaryl/α,β-unsaturated/α-hetero) is 1. The van der Waals surface area contributed by atoms with Gasteiger partial charge >= 0.3 is 5.97 Å².